The second-order valence-electron chi connectivity index (χ2n) is 8.20. The number of carbonyl (C=O) groups is 1. The van der Waals surface area contributed by atoms with Gasteiger partial charge in [-0.25, -0.2) is 4.98 Å². The van der Waals surface area contributed by atoms with Crippen LogP contribution in [0.2, 0.25) is 0 Å². The van der Waals surface area contributed by atoms with E-state index in [-0.39, 0.29) is 12.4 Å². The minimum Gasteiger partial charge on any atom is -0.466 e. The van der Waals surface area contributed by atoms with E-state index in [9.17, 15) is 9.90 Å². The van der Waals surface area contributed by atoms with Gasteiger partial charge in [0.2, 0.25) is 0 Å². The molecule has 0 aliphatic carbocycles. The van der Waals surface area contributed by atoms with Crippen molar-refractivity contribution < 1.29 is 14.6 Å². The lowest BCUT2D eigenvalue weighted by atomic mass is 9.88. The molecule has 0 aromatic carbocycles. The molecule has 1 saturated heterocycles. The molecule has 6 heteroatoms. The fourth-order valence-electron chi connectivity index (χ4n) is 4.18. The van der Waals surface area contributed by atoms with Crippen molar-refractivity contribution in [1.82, 2.24) is 9.88 Å². The van der Waals surface area contributed by atoms with Crippen LogP contribution >= 0.6 is 0 Å². The highest BCUT2D eigenvalue weighted by Crippen LogP contribution is 2.26. The monoisotopic (exact) mass is 389 g/mol. The quantitative estimate of drug-likeness (QED) is 0.500. The Bertz CT molecular complexity index is 642. The number of nitrogens with one attached hydrogen (secondary N) is 1. The number of hydrogen-bond donors (Lipinski definition) is 2. The summed E-state index contributed by atoms with van der Waals surface area (Å²) in [5, 5.41) is 14.0. The van der Waals surface area contributed by atoms with Crippen LogP contribution in [-0.4, -0.2) is 59.3 Å². The molecule has 1 fully saturated rings. The number of ether oxygens (including phenoxy) is 1. The summed E-state index contributed by atoms with van der Waals surface area (Å²) < 4.78 is 4.97. The van der Waals surface area contributed by atoms with E-state index < -0.39 is 5.60 Å². The Morgan fingerprint density at radius 3 is 2.89 bits per heavy atom. The fraction of sp³-hybridized carbons (Fsp3) is 0.727. The van der Waals surface area contributed by atoms with Crippen molar-refractivity contribution in [2.75, 3.05) is 38.1 Å². The SMILES string of the molecule is CCOC(=O)CC1(O)CCN(CCCCCc2ccc3c(n2)NCCC3)CC1. The van der Waals surface area contributed by atoms with Gasteiger partial charge in [-0.05, 0) is 70.0 Å². The van der Waals surface area contributed by atoms with Crippen LogP contribution in [0.5, 0.6) is 0 Å². The summed E-state index contributed by atoms with van der Waals surface area (Å²) in [6, 6.07) is 4.41. The first-order chi connectivity index (χ1) is 13.6. The number of rotatable bonds is 9. The lowest BCUT2D eigenvalue weighted by molar-refractivity contribution is -0.150. The third-order valence-electron chi connectivity index (χ3n) is 5.92. The van der Waals surface area contributed by atoms with Crippen LogP contribution < -0.4 is 5.32 Å². The number of fused-ring (bicyclic) bond motifs is 1. The third kappa shape index (κ3) is 6.17. The molecular formula is C22H35N3O3. The maximum absolute atomic E-state index is 11.6. The van der Waals surface area contributed by atoms with E-state index in [1.165, 1.54) is 30.5 Å². The van der Waals surface area contributed by atoms with Gasteiger partial charge in [0, 0.05) is 25.3 Å². The maximum Gasteiger partial charge on any atom is 0.308 e. The minimum atomic E-state index is -0.880. The van der Waals surface area contributed by atoms with Crippen molar-refractivity contribution in [3.63, 3.8) is 0 Å². The molecule has 2 N–H and O–H groups in total. The van der Waals surface area contributed by atoms with Gasteiger partial charge in [-0.3, -0.25) is 4.79 Å². The van der Waals surface area contributed by atoms with E-state index in [0.29, 0.717) is 19.4 Å². The largest absolute Gasteiger partial charge is 0.466 e. The van der Waals surface area contributed by atoms with Gasteiger partial charge in [0.15, 0.2) is 0 Å². The summed E-state index contributed by atoms with van der Waals surface area (Å²) in [5.41, 5.74) is 1.66. The smallest absolute Gasteiger partial charge is 0.308 e. The second-order valence-corrected chi connectivity index (χ2v) is 8.20. The number of pyridine rings is 1. The molecule has 2 aliphatic heterocycles. The summed E-state index contributed by atoms with van der Waals surface area (Å²) in [7, 11) is 0. The Morgan fingerprint density at radius 1 is 1.29 bits per heavy atom. The fourth-order valence-corrected chi connectivity index (χ4v) is 4.18. The predicted octanol–water partition coefficient (Wildman–Crippen LogP) is 2.93. The zero-order valence-corrected chi connectivity index (χ0v) is 17.2. The molecule has 1 aromatic heterocycles. The Morgan fingerprint density at radius 2 is 2.11 bits per heavy atom. The van der Waals surface area contributed by atoms with Crippen molar-refractivity contribution in [1.29, 1.82) is 0 Å². The van der Waals surface area contributed by atoms with Gasteiger partial charge in [-0.15, -0.1) is 0 Å². The average Bonchev–Trinajstić information content (AvgIpc) is 2.69. The summed E-state index contributed by atoms with van der Waals surface area (Å²) in [6.07, 6.45) is 8.31. The number of aromatic nitrogens is 1. The van der Waals surface area contributed by atoms with Crippen LogP contribution in [0.4, 0.5) is 5.82 Å². The first kappa shape index (κ1) is 21.1. The molecule has 0 unspecified atom stereocenters. The molecule has 156 valence electrons. The van der Waals surface area contributed by atoms with Crippen molar-refractivity contribution in [2.24, 2.45) is 0 Å². The van der Waals surface area contributed by atoms with Crippen molar-refractivity contribution >= 4 is 11.8 Å². The van der Waals surface area contributed by atoms with Gasteiger partial charge in [0.1, 0.15) is 5.82 Å². The molecule has 0 spiro atoms. The van der Waals surface area contributed by atoms with Crippen LogP contribution in [0.1, 0.15) is 63.1 Å². The number of likely N-dealkylation sites (tertiary alicyclic amines) is 1. The van der Waals surface area contributed by atoms with E-state index in [0.717, 1.165) is 51.3 Å². The highest BCUT2D eigenvalue weighted by atomic mass is 16.5. The Hall–Kier alpha value is -1.66. The molecule has 28 heavy (non-hydrogen) atoms. The Kier molecular flexibility index (Phi) is 7.68. The van der Waals surface area contributed by atoms with E-state index >= 15 is 0 Å². The van der Waals surface area contributed by atoms with E-state index in [4.69, 9.17) is 9.72 Å². The van der Waals surface area contributed by atoms with Gasteiger partial charge in [0.05, 0.1) is 18.6 Å². The van der Waals surface area contributed by atoms with Crippen LogP contribution in [0.15, 0.2) is 12.1 Å². The number of aryl methyl sites for hydroxylation is 2. The second kappa shape index (κ2) is 10.2. The van der Waals surface area contributed by atoms with Crippen molar-refractivity contribution in [3.8, 4) is 0 Å². The zero-order chi connectivity index (χ0) is 19.8. The van der Waals surface area contributed by atoms with Gasteiger partial charge in [0.25, 0.3) is 0 Å². The number of hydrogen-bond acceptors (Lipinski definition) is 6. The van der Waals surface area contributed by atoms with Crippen LogP contribution in [-0.2, 0) is 22.4 Å². The normalized spacial score (nSPS) is 18.9. The minimum absolute atomic E-state index is 0.122. The van der Waals surface area contributed by atoms with Gasteiger partial charge in [-0.1, -0.05) is 12.5 Å². The third-order valence-corrected chi connectivity index (χ3v) is 5.92. The molecular weight excluding hydrogens is 354 g/mol. The predicted molar refractivity (Wildman–Crippen MR) is 110 cm³/mol. The molecule has 0 saturated carbocycles. The molecule has 3 rings (SSSR count). The average molecular weight is 390 g/mol. The molecule has 1 aromatic rings. The Labute approximate surface area is 168 Å². The summed E-state index contributed by atoms with van der Waals surface area (Å²) >= 11 is 0. The number of piperidine rings is 1. The number of nitrogens with zero attached hydrogens (tertiary/aromatic N) is 2. The van der Waals surface area contributed by atoms with Gasteiger partial charge in [-0.2, -0.15) is 0 Å². The molecule has 0 amide bonds. The molecule has 6 nitrogen and oxygen atoms in total. The first-order valence-electron chi connectivity index (χ1n) is 10.9. The number of unbranched alkanes of at least 4 members (excludes halogenated alkanes) is 2. The lowest BCUT2D eigenvalue weighted by Crippen LogP contribution is -2.45. The molecule has 2 aliphatic rings. The topological polar surface area (TPSA) is 74.7 Å². The summed E-state index contributed by atoms with van der Waals surface area (Å²) in [6.45, 7) is 5.98. The number of carbonyl (C=O) groups excluding carboxylic acids is 1. The van der Waals surface area contributed by atoms with E-state index in [1.807, 2.05) is 0 Å². The molecule has 0 bridgehead atoms. The van der Waals surface area contributed by atoms with Gasteiger partial charge >= 0.3 is 5.97 Å². The number of anilines is 1. The van der Waals surface area contributed by atoms with Crippen LogP contribution in [0.3, 0.4) is 0 Å². The molecule has 0 atom stereocenters. The van der Waals surface area contributed by atoms with Crippen LogP contribution in [0, 0.1) is 0 Å². The van der Waals surface area contributed by atoms with E-state index in [1.54, 1.807) is 6.92 Å². The summed E-state index contributed by atoms with van der Waals surface area (Å²) in [4.78, 5) is 18.8. The van der Waals surface area contributed by atoms with Gasteiger partial charge < -0.3 is 20.1 Å². The van der Waals surface area contributed by atoms with Crippen molar-refractivity contribution in [3.05, 3.63) is 23.4 Å². The van der Waals surface area contributed by atoms with Crippen molar-refractivity contribution in [2.45, 2.75) is 70.3 Å². The summed E-state index contributed by atoms with van der Waals surface area (Å²) in [5.74, 6) is 0.803. The first-order valence-corrected chi connectivity index (χ1v) is 10.9. The standard InChI is InChI=1S/C22H35N3O3/c1-2-28-20(26)17-22(27)11-15-25(16-12-22)14-5-3-4-8-19-10-9-18-7-6-13-23-21(18)24-19/h9-10,27H,2-8,11-17H2,1H3,(H,23,24). The van der Waals surface area contributed by atoms with Crippen LogP contribution in [0.25, 0.3) is 0 Å². The van der Waals surface area contributed by atoms with E-state index in [2.05, 4.69) is 22.3 Å². The highest BCUT2D eigenvalue weighted by Gasteiger charge is 2.34. The number of esters is 1. The lowest BCUT2D eigenvalue weighted by Gasteiger charge is -2.37. The zero-order valence-electron chi connectivity index (χ0n) is 17.2. The Balaban J connectivity index is 1.30. The number of aliphatic hydroxyl groups is 1. The highest BCUT2D eigenvalue weighted by molar-refractivity contribution is 5.70. The molecule has 3 heterocycles. The molecule has 0 radical (unpaired) electrons. The maximum atomic E-state index is 11.6.